The number of nitrogens with zero attached hydrogens (tertiary/aromatic N) is 3. The lowest BCUT2D eigenvalue weighted by atomic mass is 10.0. The third-order valence-corrected chi connectivity index (χ3v) is 5.90. The number of phenols is 1. The number of hydrogen-bond acceptors (Lipinski definition) is 7. The molecule has 10 heteroatoms. The first-order valence-electron chi connectivity index (χ1n) is 9.59. The van der Waals surface area contributed by atoms with E-state index in [9.17, 15) is 9.90 Å². The average molecular weight is 458 g/mol. The van der Waals surface area contributed by atoms with Crippen molar-refractivity contribution in [2.75, 3.05) is 23.5 Å². The van der Waals surface area contributed by atoms with E-state index in [4.69, 9.17) is 27.9 Å². The van der Waals surface area contributed by atoms with E-state index in [0.717, 1.165) is 25.2 Å². The number of rotatable bonds is 3. The van der Waals surface area contributed by atoms with Crippen molar-refractivity contribution in [3.05, 3.63) is 63.3 Å². The highest BCUT2D eigenvalue weighted by Gasteiger charge is 2.32. The van der Waals surface area contributed by atoms with Gasteiger partial charge in [-0.3, -0.25) is 9.69 Å². The lowest BCUT2D eigenvalue weighted by molar-refractivity contribution is 0.0932. The van der Waals surface area contributed by atoms with Crippen LogP contribution >= 0.6 is 23.2 Å². The molecule has 31 heavy (non-hydrogen) atoms. The molecule has 0 saturated carbocycles. The largest absolute Gasteiger partial charge is 0.506 e. The normalized spacial score (nSPS) is 15.2. The number of carbonyl (C=O) groups excluding carboxylic acids is 1. The lowest BCUT2D eigenvalue weighted by Gasteiger charge is -2.29. The molecule has 0 unspecified atom stereocenters. The topological polar surface area (TPSA) is 99.6 Å². The first-order chi connectivity index (χ1) is 15.0. The minimum absolute atomic E-state index is 0.0333. The molecular weight excluding hydrogens is 441 g/mol. The molecule has 2 aromatic carbocycles. The SMILES string of the molecule is O=C1c2cnc(Nc3ccc4c(c3)CNCC4)nc2OCN1c1c(Cl)ccc(O)c1Cl. The zero-order valence-electron chi connectivity index (χ0n) is 16.2. The van der Waals surface area contributed by atoms with Gasteiger partial charge in [0.05, 0.1) is 10.7 Å². The Kier molecular flexibility index (Phi) is 5.05. The van der Waals surface area contributed by atoms with Crippen molar-refractivity contribution in [1.82, 2.24) is 15.3 Å². The van der Waals surface area contributed by atoms with Crippen LogP contribution in [0.4, 0.5) is 17.3 Å². The number of hydrogen-bond donors (Lipinski definition) is 3. The highest BCUT2D eigenvalue weighted by Crippen LogP contribution is 2.41. The summed E-state index contributed by atoms with van der Waals surface area (Å²) in [7, 11) is 0. The summed E-state index contributed by atoms with van der Waals surface area (Å²) in [5.41, 5.74) is 3.75. The molecular formula is C21H17Cl2N5O3. The third kappa shape index (κ3) is 3.63. The van der Waals surface area contributed by atoms with Gasteiger partial charge < -0.3 is 20.5 Å². The molecule has 0 aliphatic carbocycles. The smallest absolute Gasteiger partial charge is 0.268 e. The van der Waals surface area contributed by atoms with Crippen molar-refractivity contribution in [3.8, 4) is 11.6 Å². The van der Waals surface area contributed by atoms with E-state index in [-0.39, 0.29) is 39.7 Å². The standard InChI is InChI=1S/C21H17Cl2N5O3/c22-15-3-4-16(29)17(23)18(15)28-10-31-19-14(20(28)30)9-25-21(27-19)26-13-2-1-11-5-6-24-8-12(11)7-13/h1-4,7,9,24,29H,5-6,8,10H2,(H,25,26,27). The van der Waals surface area contributed by atoms with Gasteiger partial charge in [-0.1, -0.05) is 29.3 Å². The van der Waals surface area contributed by atoms with Crippen molar-refractivity contribution >= 4 is 46.4 Å². The Balaban J connectivity index is 1.41. The molecule has 5 rings (SSSR count). The Bertz CT molecular complexity index is 1200. The van der Waals surface area contributed by atoms with E-state index in [1.54, 1.807) is 0 Å². The molecule has 2 aliphatic rings. The fraction of sp³-hybridized carbons (Fsp3) is 0.190. The zero-order valence-corrected chi connectivity index (χ0v) is 17.7. The van der Waals surface area contributed by atoms with Crippen molar-refractivity contribution in [2.24, 2.45) is 0 Å². The molecule has 1 aromatic heterocycles. The molecule has 0 atom stereocenters. The van der Waals surface area contributed by atoms with Gasteiger partial charge in [0.1, 0.15) is 16.3 Å². The third-order valence-electron chi connectivity index (χ3n) is 5.23. The highest BCUT2D eigenvalue weighted by atomic mass is 35.5. The van der Waals surface area contributed by atoms with Crippen LogP contribution in [0.15, 0.2) is 36.5 Å². The van der Waals surface area contributed by atoms with Crippen LogP contribution in [0.1, 0.15) is 21.5 Å². The van der Waals surface area contributed by atoms with Gasteiger partial charge in [-0.15, -0.1) is 0 Å². The van der Waals surface area contributed by atoms with Crippen LogP contribution < -0.4 is 20.3 Å². The van der Waals surface area contributed by atoms with Gasteiger partial charge >= 0.3 is 0 Å². The minimum Gasteiger partial charge on any atom is -0.506 e. The fourth-order valence-electron chi connectivity index (χ4n) is 3.64. The Labute approximate surface area is 187 Å². The van der Waals surface area contributed by atoms with Gasteiger partial charge in [0, 0.05) is 18.4 Å². The number of amides is 1. The first-order valence-corrected chi connectivity index (χ1v) is 10.3. The van der Waals surface area contributed by atoms with E-state index in [1.807, 2.05) is 6.07 Å². The van der Waals surface area contributed by atoms with E-state index >= 15 is 0 Å². The van der Waals surface area contributed by atoms with Gasteiger partial charge in [-0.05, 0) is 48.4 Å². The molecule has 3 N–H and O–H groups in total. The number of benzene rings is 2. The molecule has 8 nitrogen and oxygen atoms in total. The van der Waals surface area contributed by atoms with Crippen LogP contribution in [0.2, 0.25) is 10.0 Å². The number of carbonyl (C=O) groups is 1. The summed E-state index contributed by atoms with van der Waals surface area (Å²) in [4.78, 5) is 22.8. The Hall–Kier alpha value is -3.07. The van der Waals surface area contributed by atoms with Crippen molar-refractivity contribution < 1.29 is 14.6 Å². The van der Waals surface area contributed by atoms with Crippen LogP contribution in [0.25, 0.3) is 0 Å². The maximum absolute atomic E-state index is 13.0. The summed E-state index contributed by atoms with van der Waals surface area (Å²) in [6.07, 6.45) is 2.40. The summed E-state index contributed by atoms with van der Waals surface area (Å²) in [6, 6.07) is 8.95. The van der Waals surface area contributed by atoms with Crippen LogP contribution in [0.5, 0.6) is 11.6 Å². The molecule has 0 radical (unpaired) electrons. The minimum atomic E-state index is -0.429. The van der Waals surface area contributed by atoms with E-state index in [0.29, 0.717) is 5.95 Å². The number of fused-ring (bicyclic) bond motifs is 2. The van der Waals surface area contributed by atoms with Gasteiger partial charge in [0.15, 0.2) is 6.73 Å². The molecule has 3 heterocycles. The maximum Gasteiger partial charge on any atom is 0.268 e. The van der Waals surface area contributed by atoms with Crippen molar-refractivity contribution in [1.29, 1.82) is 0 Å². The zero-order chi connectivity index (χ0) is 21.5. The van der Waals surface area contributed by atoms with Crippen LogP contribution in [0, 0.1) is 0 Å². The highest BCUT2D eigenvalue weighted by molar-refractivity contribution is 6.41. The molecule has 3 aromatic rings. The second kappa shape index (κ2) is 7.88. The van der Waals surface area contributed by atoms with E-state index < -0.39 is 5.91 Å². The number of anilines is 3. The summed E-state index contributed by atoms with van der Waals surface area (Å²) < 4.78 is 5.68. The van der Waals surface area contributed by atoms with Crippen LogP contribution in [-0.2, 0) is 13.0 Å². The average Bonchev–Trinajstić information content (AvgIpc) is 2.78. The fourth-order valence-corrected chi connectivity index (χ4v) is 4.22. The number of ether oxygens (including phenoxy) is 1. The van der Waals surface area contributed by atoms with Gasteiger partial charge in [0.2, 0.25) is 11.8 Å². The Morgan fingerprint density at radius 3 is 2.94 bits per heavy atom. The summed E-state index contributed by atoms with van der Waals surface area (Å²) in [5.74, 6) is -0.138. The first kappa shape index (κ1) is 19.9. The monoisotopic (exact) mass is 457 g/mol. The second-order valence-electron chi connectivity index (χ2n) is 7.18. The summed E-state index contributed by atoms with van der Waals surface area (Å²) >= 11 is 12.4. The summed E-state index contributed by atoms with van der Waals surface area (Å²) in [6.45, 7) is 1.65. The molecule has 0 fully saturated rings. The summed E-state index contributed by atoms with van der Waals surface area (Å²) in [5, 5.41) is 16.6. The molecule has 0 saturated heterocycles. The number of aromatic nitrogens is 2. The van der Waals surface area contributed by atoms with Gasteiger partial charge in [0.25, 0.3) is 5.91 Å². The quantitative estimate of drug-likeness (QED) is 0.548. The van der Waals surface area contributed by atoms with Crippen molar-refractivity contribution in [2.45, 2.75) is 13.0 Å². The molecule has 0 spiro atoms. The molecule has 158 valence electrons. The number of aromatic hydroxyl groups is 1. The van der Waals surface area contributed by atoms with E-state index in [1.165, 1.54) is 34.4 Å². The van der Waals surface area contributed by atoms with E-state index in [2.05, 4.69) is 32.7 Å². The Morgan fingerprint density at radius 1 is 1.19 bits per heavy atom. The second-order valence-corrected chi connectivity index (χ2v) is 7.97. The van der Waals surface area contributed by atoms with Crippen LogP contribution in [-0.4, -0.2) is 34.3 Å². The number of halogens is 2. The number of phenolic OH excluding ortho intramolecular Hbond substituents is 1. The predicted molar refractivity (Wildman–Crippen MR) is 118 cm³/mol. The van der Waals surface area contributed by atoms with Gasteiger partial charge in [-0.2, -0.15) is 4.98 Å². The maximum atomic E-state index is 13.0. The Morgan fingerprint density at radius 2 is 2.06 bits per heavy atom. The van der Waals surface area contributed by atoms with Gasteiger partial charge in [-0.25, -0.2) is 4.98 Å². The lowest BCUT2D eigenvalue weighted by Crippen LogP contribution is -2.39. The molecule has 0 bridgehead atoms. The number of nitrogens with one attached hydrogen (secondary N) is 2. The molecule has 1 amide bonds. The predicted octanol–water partition coefficient (Wildman–Crippen LogP) is 3.88. The molecule has 2 aliphatic heterocycles. The van der Waals surface area contributed by atoms with Crippen LogP contribution in [0.3, 0.4) is 0 Å². The van der Waals surface area contributed by atoms with Crippen molar-refractivity contribution in [3.63, 3.8) is 0 Å².